The first-order chi connectivity index (χ1) is 12.8. The van der Waals surface area contributed by atoms with Gasteiger partial charge in [0.15, 0.2) is 11.1 Å². The van der Waals surface area contributed by atoms with Crippen molar-refractivity contribution in [1.82, 2.24) is 4.90 Å². The topological polar surface area (TPSA) is 49.4 Å². The fourth-order valence-electron chi connectivity index (χ4n) is 2.87. The molecule has 0 rings (SSSR count). The minimum Gasteiger partial charge on any atom is -0.367 e. The van der Waals surface area contributed by atoms with Gasteiger partial charge in [-0.15, -0.1) is 0 Å². The molecule has 164 valence electrons. The molecule has 3 unspecified atom stereocenters. The Balaban J connectivity index is 4.58. The molecule has 0 aliphatic heterocycles. The molecule has 0 aromatic carbocycles. The van der Waals surface area contributed by atoms with Crippen LogP contribution in [0.15, 0.2) is 0 Å². The van der Waals surface area contributed by atoms with E-state index in [1.807, 2.05) is 41.5 Å². The summed E-state index contributed by atoms with van der Waals surface area (Å²) in [5.74, 6) is 0. The molecule has 6 nitrogen and oxygen atoms in total. The highest BCUT2D eigenvalue weighted by Crippen LogP contribution is 2.35. The average Bonchev–Trinajstić information content (AvgIpc) is 2.60. The number of ether oxygens (including phenoxy) is 5. The van der Waals surface area contributed by atoms with Crippen molar-refractivity contribution >= 4 is 17.2 Å². The molecule has 0 saturated heterocycles. The number of methoxy groups -OCH3 is 1. The van der Waals surface area contributed by atoms with Crippen molar-refractivity contribution in [1.29, 1.82) is 0 Å². The van der Waals surface area contributed by atoms with Crippen LogP contribution in [0.25, 0.3) is 0 Å². The average molecular weight is 428 g/mol. The van der Waals surface area contributed by atoms with Gasteiger partial charge >= 0.3 is 0 Å². The lowest BCUT2D eigenvalue weighted by molar-refractivity contribution is -0.156. The van der Waals surface area contributed by atoms with Crippen LogP contribution in [0, 0.1) is 0 Å². The van der Waals surface area contributed by atoms with Crippen molar-refractivity contribution in [3.8, 4) is 0 Å². The highest BCUT2D eigenvalue weighted by molar-refractivity contribution is 7.39. The van der Waals surface area contributed by atoms with Gasteiger partial charge in [-0.05, 0) is 60.8 Å². The van der Waals surface area contributed by atoms with Gasteiger partial charge in [0.1, 0.15) is 6.23 Å². The lowest BCUT2D eigenvalue weighted by Crippen LogP contribution is -2.39. The Morgan fingerprint density at radius 3 is 1.33 bits per heavy atom. The van der Waals surface area contributed by atoms with Crippen LogP contribution in [0.4, 0.5) is 0 Å². The number of hydrogen-bond donors (Lipinski definition) is 0. The molecular weight excluding hydrogens is 384 g/mol. The first-order valence-electron chi connectivity index (χ1n) is 10.1. The molecule has 0 spiro atoms. The number of rotatable bonds is 18. The van der Waals surface area contributed by atoms with Crippen molar-refractivity contribution in [2.45, 2.75) is 65.8 Å². The second-order valence-corrected chi connectivity index (χ2v) is 9.87. The lowest BCUT2D eigenvalue weighted by Gasteiger charge is -2.33. The van der Waals surface area contributed by atoms with Crippen molar-refractivity contribution in [2.75, 3.05) is 59.0 Å². The van der Waals surface area contributed by atoms with Crippen LogP contribution in [0.2, 0.25) is 0 Å². The largest absolute Gasteiger partial charge is 0.367 e. The SMILES string of the molecule is CCOC(C)(OCC)PCCN(CCPC(C)(OCC)OCC)C(C)OC. The van der Waals surface area contributed by atoms with E-state index in [2.05, 4.69) is 11.8 Å². The molecule has 0 bridgehead atoms. The molecule has 0 aliphatic rings. The Bertz CT molecular complexity index is 323. The maximum absolute atomic E-state index is 5.83. The van der Waals surface area contributed by atoms with Gasteiger partial charge in [-0.25, -0.2) is 0 Å². The highest BCUT2D eigenvalue weighted by Gasteiger charge is 2.27. The summed E-state index contributed by atoms with van der Waals surface area (Å²) in [4.78, 5) is 2.37. The van der Waals surface area contributed by atoms with E-state index in [0.717, 1.165) is 25.4 Å². The zero-order valence-corrected chi connectivity index (χ0v) is 20.7. The summed E-state index contributed by atoms with van der Waals surface area (Å²) >= 11 is 0. The van der Waals surface area contributed by atoms with Crippen molar-refractivity contribution in [3.63, 3.8) is 0 Å². The van der Waals surface area contributed by atoms with Gasteiger partial charge in [0.05, 0.1) is 0 Å². The Labute approximate surface area is 170 Å². The van der Waals surface area contributed by atoms with Crippen LogP contribution < -0.4 is 0 Å². The fourth-order valence-corrected chi connectivity index (χ4v) is 5.56. The van der Waals surface area contributed by atoms with E-state index < -0.39 is 11.1 Å². The van der Waals surface area contributed by atoms with Gasteiger partial charge in [0.2, 0.25) is 0 Å². The van der Waals surface area contributed by atoms with Crippen molar-refractivity contribution in [2.24, 2.45) is 0 Å². The molecule has 3 atom stereocenters. The quantitative estimate of drug-likeness (QED) is 0.242. The molecule has 0 amide bonds. The van der Waals surface area contributed by atoms with Crippen molar-refractivity contribution < 1.29 is 23.7 Å². The van der Waals surface area contributed by atoms with Crippen LogP contribution in [0.3, 0.4) is 0 Å². The minimum atomic E-state index is -0.476. The molecule has 27 heavy (non-hydrogen) atoms. The molecule has 0 radical (unpaired) electrons. The van der Waals surface area contributed by atoms with Crippen LogP contribution in [-0.4, -0.2) is 81.1 Å². The maximum Gasteiger partial charge on any atom is 0.180 e. The molecule has 0 fully saturated rings. The van der Waals surface area contributed by atoms with E-state index >= 15 is 0 Å². The van der Waals surface area contributed by atoms with Crippen molar-refractivity contribution in [3.05, 3.63) is 0 Å². The summed E-state index contributed by atoms with van der Waals surface area (Å²) in [6, 6.07) is 0. The normalized spacial score (nSPS) is 15.0. The standard InChI is InChI=1S/C19H43NO5P2/c1-9-22-18(6,23-10-2)26-15-13-20(17(5)21-8)14-16-27-19(7,24-11-3)25-12-4/h17,26-27H,9-16H2,1-8H3. The second kappa shape index (κ2) is 15.5. The van der Waals surface area contributed by atoms with E-state index in [-0.39, 0.29) is 6.23 Å². The van der Waals surface area contributed by atoms with Gasteiger partial charge in [-0.2, -0.15) is 0 Å². The fraction of sp³-hybridized carbons (Fsp3) is 1.00. The van der Waals surface area contributed by atoms with E-state index in [1.54, 1.807) is 7.11 Å². The summed E-state index contributed by atoms with van der Waals surface area (Å²) in [5.41, 5.74) is -0.953. The molecule has 0 aromatic rings. The minimum absolute atomic E-state index is 0.0792. The van der Waals surface area contributed by atoms with Crippen LogP contribution in [0.5, 0.6) is 0 Å². The molecule has 0 saturated carbocycles. The van der Waals surface area contributed by atoms with Crippen LogP contribution in [-0.2, 0) is 23.7 Å². The smallest absolute Gasteiger partial charge is 0.180 e. The zero-order chi connectivity index (χ0) is 20.8. The third-order valence-electron chi connectivity index (χ3n) is 4.22. The monoisotopic (exact) mass is 427 g/mol. The highest BCUT2D eigenvalue weighted by atomic mass is 31.1. The zero-order valence-electron chi connectivity index (χ0n) is 18.7. The predicted molar refractivity (Wildman–Crippen MR) is 118 cm³/mol. The summed E-state index contributed by atoms with van der Waals surface area (Å²) in [6.07, 6.45) is 2.11. The van der Waals surface area contributed by atoms with Gasteiger partial charge in [0, 0.05) is 46.6 Å². The summed E-state index contributed by atoms with van der Waals surface area (Å²) in [5, 5.41) is 0. The van der Waals surface area contributed by atoms with E-state index in [4.69, 9.17) is 23.7 Å². The van der Waals surface area contributed by atoms with Gasteiger partial charge in [0.25, 0.3) is 0 Å². The van der Waals surface area contributed by atoms with E-state index in [0.29, 0.717) is 43.6 Å². The van der Waals surface area contributed by atoms with Crippen LogP contribution in [0.1, 0.15) is 48.5 Å². The molecule has 0 N–H and O–H groups in total. The summed E-state index contributed by atoms with van der Waals surface area (Å²) in [6.45, 7) is 18.8. The Morgan fingerprint density at radius 2 is 1.07 bits per heavy atom. The second-order valence-electron chi connectivity index (χ2n) is 6.35. The Kier molecular flexibility index (Phi) is 15.8. The number of nitrogens with zero attached hydrogens (tertiary/aromatic N) is 1. The van der Waals surface area contributed by atoms with E-state index in [9.17, 15) is 0 Å². The summed E-state index contributed by atoms with van der Waals surface area (Å²) < 4.78 is 28.9. The van der Waals surface area contributed by atoms with Gasteiger partial charge in [-0.1, -0.05) is 17.2 Å². The molecule has 0 aromatic heterocycles. The molecule has 8 heteroatoms. The van der Waals surface area contributed by atoms with Gasteiger partial charge in [-0.3, -0.25) is 4.90 Å². The molecular formula is C19H43NO5P2. The predicted octanol–water partition coefficient (Wildman–Crippen LogP) is 4.13. The number of hydrogen-bond acceptors (Lipinski definition) is 6. The lowest BCUT2D eigenvalue weighted by atomic mass is 10.4. The summed E-state index contributed by atoms with van der Waals surface area (Å²) in [7, 11) is 2.93. The third kappa shape index (κ3) is 12.0. The first-order valence-corrected chi connectivity index (χ1v) is 12.5. The third-order valence-corrected chi connectivity index (χ3v) is 7.03. The van der Waals surface area contributed by atoms with Crippen LogP contribution >= 0.6 is 17.2 Å². The molecule has 0 heterocycles. The Hall–Kier alpha value is 0.620. The first kappa shape index (κ1) is 27.6. The maximum atomic E-state index is 5.83. The van der Waals surface area contributed by atoms with Gasteiger partial charge < -0.3 is 23.7 Å². The molecule has 0 aliphatic carbocycles. The Morgan fingerprint density at radius 1 is 0.741 bits per heavy atom. The van der Waals surface area contributed by atoms with E-state index in [1.165, 1.54) is 0 Å².